The van der Waals surface area contributed by atoms with Crippen LogP contribution in [0, 0.1) is 25.6 Å². The second-order valence-corrected chi connectivity index (χ2v) is 12.8. The van der Waals surface area contributed by atoms with Gasteiger partial charge in [-0.05, 0) is 106 Å². The molecule has 222 valence electrons. The van der Waals surface area contributed by atoms with E-state index in [1.165, 1.54) is 17.5 Å². The predicted molar refractivity (Wildman–Crippen MR) is 163 cm³/mol. The Bertz CT molecular complexity index is 1320. The molecule has 1 aliphatic heterocycles. The highest BCUT2D eigenvalue weighted by molar-refractivity contribution is 5.81. The number of carbonyl (C=O) groups is 1. The number of ether oxygens (including phenoxy) is 1. The number of hydrogen-bond acceptors (Lipinski definition) is 4. The van der Waals surface area contributed by atoms with Crippen LogP contribution in [-0.2, 0) is 17.6 Å². The lowest BCUT2D eigenvalue weighted by Crippen LogP contribution is -2.51. The van der Waals surface area contributed by atoms with Gasteiger partial charge in [0.1, 0.15) is 17.2 Å². The number of benzene rings is 2. The number of imidazole rings is 1. The van der Waals surface area contributed by atoms with Crippen molar-refractivity contribution in [3.8, 4) is 0 Å². The van der Waals surface area contributed by atoms with Gasteiger partial charge in [0.15, 0.2) is 0 Å². The van der Waals surface area contributed by atoms with Gasteiger partial charge in [-0.25, -0.2) is 14.2 Å². The van der Waals surface area contributed by atoms with Crippen LogP contribution in [-0.4, -0.2) is 64.7 Å². The molecule has 41 heavy (non-hydrogen) atoms. The number of carbonyl (C=O) groups excluding carboxylic acids is 1. The Balaban J connectivity index is 1.29. The normalized spacial score (nSPS) is 21.1. The molecule has 3 aromatic rings. The van der Waals surface area contributed by atoms with Crippen molar-refractivity contribution in [3.63, 3.8) is 0 Å². The number of H-pyrrole nitrogens is 1. The van der Waals surface area contributed by atoms with Crippen LogP contribution >= 0.6 is 0 Å². The van der Waals surface area contributed by atoms with Crippen molar-refractivity contribution in [2.24, 2.45) is 5.92 Å². The molecule has 0 saturated carbocycles. The van der Waals surface area contributed by atoms with Crippen molar-refractivity contribution in [2.75, 3.05) is 33.2 Å². The van der Waals surface area contributed by atoms with Crippen molar-refractivity contribution >= 4 is 17.1 Å². The van der Waals surface area contributed by atoms with Gasteiger partial charge in [0.05, 0.1) is 11.0 Å². The number of piperidine rings is 1. The largest absolute Gasteiger partial charge is 0.442 e. The first-order chi connectivity index (χ1) is 19.7. The van der Waals surface area contributed by atoms with Gasteiger partial charge < -0.3 is 19.5 Å². The Hall–Kier alpha value is -2.93. The number of aromatic amines is 1. The maximum Gasteiger partial charge on any atom is 0.410 e. The van der Waals surface area contributed by atoms with Gasteiger partial charge in [-0.3, -0.25) is 0 Å². The minimum absolute atomic E-state index is 0.0241. The van der Waals surface area contributed by atoms with Crippen LogP contribution in [0.4, 0.5) is 9.18 Å². The van der Waals surface area contributed by atoms with E-state index in [2.05, 4.69) is 56.8 Å². The van der Waals surface area contributed by atoms with Crippen molar-refractivity contribution in [3.05, 3.63) is 64.2 Å². The molecule has 7 heteroatoms. The van der Waals surface area contributed by atoms with E-state index < -0.39 is 5.60 Å². The SMILES string of the molecule is Cc1ccc(C)c2[nH]c(CCCN(C)CC[C@]3(OC(=O)N4CCCCC4)CCc4cc(F)ccc4[C@H]3C(C)C)nc12. The van der Waals surface area contributed by atoms with Crippen LogP contribution in [0.15, 0.2) is 30.3 Å². The van der Waals surface area contributed by atoms with Crippen molar-refractivity contribution in [2.45, 2.75) is 90.6 Å². The van der Waals surface area contributed by atoms with Gasteiger partial charge in [-0.2, -0.15) is 0 Å². The minimum Gasteiger partial charge on any atom is -0.442 e. The summed E-state index contributed by atoms with van der Waals surface area (Å²) in [4.78, 5) is 26.2. The molecule has 1 N–H and O–H groups in total. The summed E-state index contributed by atoms with van der Waals surface area (Å²) in [6.45, 7) is 11.9. The first-order valence-corrected chi connectivity index (χ1v) is 15.6. The molecule has 0 bridgehead atoms. The van der Waals surface area contributed by atoms with E-state index >= 15 is 0 Å². The monoisotopic (exact) mass is 562 g/mol. The number of aryl methyl sites for hydroxylation is 4. The fourth-order valence-corrected chi connectivity index (χ4v) is 7.14. The van der Waals surface area contributed by atoms with Gasteiger partial charge in [0.25, 0.3) is 0 Å². The van der Waals surface area contributed by atoms with Crippen molar-refractivity contribution < 1.29 is 13.9 Å². The standard InChI is InChI=1S/C34H47FN4O2/c1-23(2)30-28-14-13-27(35)22-26(28)15-16-34(30,41-33(40)39-19-7-6-8-20-39)17-21-38(5)18-9-10-29-36-31-24(3)11-12-25(4)32(31)37-29/h11-14,22-23,30H,6-10,15-21H2,1-5H3,(H,36,37)/t30-,34-/m1/s1. The van der Waals surface area contributed by atoms with E-state index in [-0.39, 0.29) is 23.7 Å². The first kappa shape index (κ1) is 29.6. The highest BCUT2D eigenvalue weighted by Gasteiger charge is 2.48. The Labute approximate surface area is 244 Å². The quantitative estimate of drug-likeness (QED) is 0.297. The summed E-state index contributed by atoms with van der Waals surface area (Å²) >= 11 is 0. The molecule has 1 fully saturated rings. The topological polar surface area (TPSA) is 61.5 Å². The number of nitrogens with zero attached hydrogens (tertiary/aromatic N) is 3. The van der Waals surface area contributed by atoms with Crippen LogP contribution in [0.5, 0.6) is 0 Å². The van der Waals surface area contributed by atoms with Gasteiger partial charge in [0, 0.05) is 38.4 Å². The van der Waals surface area contributed by atoms with Crippen LogP contribution in [0.1, 0.15) is 86.4 Å². The number of fused-ring (bicyclic) bond motifs is 2. The second kappa shape index (κ2) is 12.5. The Kier molecular flexibility index (Phi) is 9.03. The summed E-state index contributed by atoms with van der Waals surface area (Å²) in [5.41, 5.74) is 6.21. The number of halogens is 1. The molecule has 2 heterocycles. The minimum atomic E-state index is -0.616. The van der Waals surface area contributed by atoms with Crippen LogP contribution in [0.3, 0.4) is 0 Å². The van der Waals surface area contributed by atoms with Crippen LogP contribution in [0.25, 0.3) is 11.0 Å². The number of nitrogens with one attached hydrogen (secondary N) is 1. The van der Waals surface area contributed by atoms with E-state index in [0.717, 1.165) is 99.1 Å². The van der Waals surface area contributed by atoms with Crippen LogP contribution < -0.4 is 0 Å². The van der Waals surface area contributed by atoms with E-state index in [1.807, 2.05) is 11.0 Å². The summed E-state index contributed by atoms with van der Waals surface area (Å²) in [7, 11) is 2.16. The number of aromatic nitrogens is 2. The maximum atomic E-state index is 14.2. The van der Waals surface area contributed by atoms with E-state index in [9.17, 15) is 9.18 Å². The van der Waals surface area contributed by atoms with Gasteiger partial charge in [-0.1, -0.05) is 32.0 Å². The lowest BCUT2D eigenvalue weighted by atomic mass is 9.65. The molecule has 2 atom stereocenters. The molecule has 5 rings (SSSR count). The summed E-state index contributed by atoms with van der Waals surface area (Å²) in [5, 5.41) is 0. The highest BCUT2D eigenvalue weighted by atomic mass is 19.1. The Morgan fingerprint density at radius 1 is 1.15 bits per heavy atom. The molecule has 0 radical (unpaired) electrons. The number of likely N-dealkylation sites (tertiary alicyclic amines) is 1. The van der Waals surface area contributed by atoms with Gasteiger partial charge >= 0.3 is 6.09 Å². The zero-order valence-electron chi connectivity index (χ0n) is 25.6. The molecule has 1 aromatic heterocycles. The summed E-state index contributed by atoms with van der Waals surface area (Å²) in [6.07, 6.45) is 7.13. The molecule has 2 aromatic carbocycles. The van der Waals surface area contributed by atoms with Gasteiger partial charge in [0.2, 0.25) is 0 Å². The maximum absolute atomic E-state index is 14.2. The lowest BCUT2D eigenvalue weighted by molar-refractivity contribution is -0.0593. The molecule has 0 spiro atoms. The lowest BCUT2D eigenvalue weighted by Gasteiger charge is -2.47. The van der Waals surface area contributed by atoms with Crippen molar-refractivity contribution in [1.29, 1.82) is 0 Å². The average Bonchev–Trinajstić information content (AvgIpc) is 3.40. The van der Waals surface area contributed by atoms with Crippen LogP contribution in [0.2, 0.25) is 0 Å². The Morgan fingerprint density at radius 2 is 1.90 bits per heavy atom. The van der Waals surface area contributed by atoms with E-state index in [0.29, 0.717) is 0 Å². The molecule has 6 nitrogen and oxygen atoms in total. The molecule has 1 amide bonds. The molecular formula is C34H47FN4O2. The number of hydrogen-bond donors (Lipinski definition) is 1. The Morgan fingerprint density at radius 3 is 2.63 bits per heavy atom. The summed E-state index contributed by atoms with van der Waals surface area (Å²) in [5.74, 6) is 1.11. The second-order valence-electron chi connectivity index (χ2n) is 12.8. The molecule has 1 saturated heterocycles. The summed E-state index contributed by atoms with van der Waals surface area (Å²) < 4.78 is 20.8. The molecular weight excluding hydrogens is 515 g/mol. The fourth-order valence-electron chi connectivity index (χ4n) is 7.14. The van der Waals surface area contributed by atoms with Gasteiger partial charge in [-0.15, -0.1) is 0 Å². The third-order valence-electron chi connectivity index (χ3n) is 9.37. The summed E-state index contributed by atoms with van der Waals surface area (Å²) in [6, 6.07) is 9.44. The number of rotatable bonds is 9. The highest BCUT2D eigenvalue weighted by Crippen LogP contribution is 2.48. The fraction of sp³-hybridized carbons (Fsp3) is 0.588. The average molecular weight is 563 g/mol. The zero-order chi connectivity index (χ0) is 29.1. The molecule has 2 aliphatic rings. The van der Waals surface area contributed by atoms with E-state index in [1.54, 1.807) is 12.1 Å². The predicted octanol–water partition coefficient (Wildman–Crippen LogP) is 7.32. The van der Waals surface area contributed by atoms with E-state index in [4.69, 9.17) is 9.72 Å². The first-order valence-electron chi connectivity index (χ1n) is 15.6. The third-order valence-corrected chi connectivity index (χ3v) is 9.37. The zero-order valence-corrected chi connectivity index (χ0v) is 25.6. The third kappa shape index (κ3) is 6.45. The smallest absolute Gasteiger partial charge is 0.410 e. The molecule has 1 aliphatic carbocycles. The molecule has 0 unspecified atom stereocenters. The van der Waals surface area contributed by atoms with Crippen molar-refractivity contribution in [1.82, 2.24) is 19.8 Å². The number of amides is 1.